The van der Waals surface area contributed by atoms with Crippen LogP contribution in [0, 0.1) is 6.92 Å². The highest BCUT2D eigenvalue weighted by molar-refractivity contribution is 6.01. The minimum atomic E-state index is -0.214. The fourth-order valence-electron chi connectivity index (χ4n) is 3.36. The number of benzene rings is 2. The maximum atomic E-state index is 12.4. The molecule has 0 unspecified atom stereocenters. The van der Waals surface area contributed by atoms with Crippen LogP contribution in [0.15, 0.2) is 48.5 Å². The molecule has 2 aromatic carbocycles. The number of hydrogen-bond donors (Lipinski definition) is 1. The number of anilines is 3. The van der Waals surface area contributed by atoms with Crippen LogP contribution in [0.1, 0.15) is 31.7 Å². The molecule has 0 radical (unpaired) electrons. The molecular weight excluding hydrogens is 338 g/mol. The molecule has 1 N–H and O–H groups in total. The van der Waals surface area contributed by atoms with Crippen molar-refractivity contribution in [1.29, 1.82) is 0 Å². The number of aryl methyl sites for hydroxylation is 1. The van der Waals surface area contributed by atoms with Crippen LogP contribution in [-0.2, 0) is 9.59 Å². The summed E-state index contributed by atoms with van der Waals surface area (Å²) < 4.78 is 0. The van der Waals surface area contributed by atoms with Crippen molar-refractivity contribution >= 4 is 28.9 Å². The Hall–Kier alpha value is -2.82. The number of piperidine rings is 1. The lowest BCUT2D eigenvalue weighted by Gasteiger charge is -2.29. The van der Waals surface area contributed by atoms with E-state index < -0.39 is 0 Å². The molecule has 0 atom stereocenters. The number of carbonyl (C=O) groups is 2. The van der Waals surface area contributed by atoms with Gasteiger partial charge in [0, 0.05) is 37.1 Å². The highest BCUT2D eigenvalue weighted by Crippen LogP contribution is 2.24. The quantitative estimate of drug-likeness (QED) is 0.872. The number of carbonyl (C=O) groups excluding carboxylic acids is 2. The SMILES string of the molecule is CC(=O)N(CC(=O)Nc1ccc(C)cc1)c1ccc(N2CCCCC2)cc1. The van der Waals surface area contributed by atoms with E-state index in [2.05, 4.69) is 10.2 Å². The molecule has 5 heteroatoms. The van der Waals surface area contributed by atoms with Gasteiger partial charge in [-0.3, -0.25) is 9.59 Å². The van der Waals surface area contributed by atoms with Crippen molar-refractivity contribution in [2.45, 2.75) is 33.1 Å². The second kappa shape index (κ2) is 8.71. The minimum absolute atomic E-state index is 0.00767. The third-order valence-electron chi connectivity index (χ3n) is 4.90. The second-order valence-corrected chi connectivity index (χ2v) is 7.08. The highest BCUT2D eigenvalue weighted by atomic mass is 16.2. The van der Waals surface area contributed by atoms with Gasteiger partial charge >= 0.3 is 0 Å². The van der Waals surface area contributed by atoms with E-state index in [0.717, 1.165) is 30.0 Å². The lowest BCUT2D eigenvalue weighted by atomic mass is 10.1. The first-order valence-corrected chi connectivity index (χ1v) is 9.52. The maximum Gasteiger partial charge on any atom is 0.244 e. The zero-order valence-corrected chi connectivity index (χ0v) is 16.1. The zero-order valence-electron chi connectivity index (χ0n) is 16.1. The Labute approximate surface area is 161 Å². The third kappa shape index (κ3) is 5.09. The predicted octanol–water partition coefficient (Wildman–Crippen LogP) is 3.98. The molecule has 27 heavy (non-hydrogen) atoms. The third-order valence-corrected chi connectivity index (χ3v) is 4.90. The van der Waals surface area contributed by atoms with Crippen molar-refractivity contribution in [2.24, 2.45) is 0 Å². The summed E-state index contributed by atoms with van der Waals surface area (Å²) in [5, 5.41) is 2.85. The van der Waals surface area contributed by atoms with Gasteiger partial charge in [0.05, 0.1) is 0 Å². The Morgan fingerprint density at radius 2 is 1.59 bits per heavy atom. The van der Waals surface area contributed by atoms with Crippen molar-refractivity contribution in [3.05, 3.63) is 54.1 Å². The van der Waals surface area contributed by atoms with Gasteiger partial charge in [0.1, 0.15) is 6.54 Å². The van der Waals surface area contributed by atoms with Gasteiger partial charge in [-0.25, -0.2) is 0 Å². The van der Waals surface area contributed by atoms with Crippen molar-refractivity contribution in [1.82, 2.24) is 0 Å². The average Bonchev–Trinajstić information content (AvgIpc) is 2.68. The molecule has 0 saturated carbocycles. The first-order valence-electron chi connectivity index (χ1n) is 9.52. The molecule has 1 aliphatic heterocycles. The number of nitrogens with one attached hydrogen (secondary N) is 1. The fourth-order valence-corrected chi connectivity index (χ4v) is 3.36. The lowest BCUT2D eigenvalue weighted by Crippen LogP contribution is -2.36. The average molecular weight is 365 g/mol. The van der Waals surface area contributed by atoms with E-state index in [1.165, 1.54) is 36.8 Å². The fraction of sp³-hybridized carbons (Fsp3) is 0.364. The number of nitrogens with zero attached hydrogens (tertiary/aromatic N) is 2. The minimum Gasteiger partial charge on any atom is -0.372 e. The van der Waals surface area contributed by atoms with Crippen LogP contribution in [0.25, 0.3) is 0 Å². The van der Waals surface area contributed by atoms with Gasteiger partial charge < -0.3 is 15.1 Å². The van der Waals surface area contributed by atoms with Crippen molar-refractivity contribution < 1.29 is 9.59 Å². The molecule has 2 amide bonds. The van der Waals surface area contributed by atoms with Crippen molar-refractivity contribution in [2.75, 3.05) is 34.8 Å². The van der Waals surface area contributed by atoms with Crippen LogP contribution in [0.5, 0.6) is 0 Å². The summed E-state index contributed by atoms with van der Waals surface area (Å²) in [7, 11) is 0. The summed E-state index contributed by atoms with van der Waals surface area (Å²) in [6, 6.07) is 15.5. The van der Waals surface area contributed by atoms with Gasteiger partial charge in [0.2, 0.25) is 11.8 Å². The van der Waals surface area contributed by atoms with E-state index in [0.29, 0.717) is 0 Å². The molecule has 142 valence electrons. The Morgan fingerprint density at radius 3 is 2.19 bits per heavy atom. The van der Waals surface area contributed by atoms with Gasteiger partial charge in [-0.05, 0) is 62.6 Å². The molecule has 1 heterocycles. The molecule has 3 rings (SSSR count). The van der Waals surface area contributed by atoms with Gasteiger partial charge in [0.25, 0.3) is 0 Å². The summed E-state index contributed by atoms with van der Waals surface area (Å²) in [6.07, 6.45) is 3.74. The summed E-state index contributed by atoms with van der Waals surface area (Å²) in [4.78, 5) is 28.4. The van der Waals surface area contributed by atoms with Crippen LogP contribution < -0.4 is 15.1 Å². The Kier molecular flexibility index (Phi) is 6.12. The molecular formula is C22H27N3O2. The smallest absolute Gasteiger partial charge is 0.244 e. The zero-order chi connectivity index (χ0) is 19.2. The predicted molar refractivity (Wildman–Crippen MR) is 110 cm³/mol. The number of rotatable bonds is 5. The van der Waals surface area contributed by atoms with Crippen LogP contribution in [0.3, 0.4) is 0 Å². The maximum absolute atomic E-state index is 12.4. The monoisotopic (exact) mass is 365 g/mol. The topological polar surface area (TPSA) is 52.7 Å². The Morgan fingerprint density at radius 1 is 0.963 bits per heavy atom. The molecule has 0 aliphatic carbocycles. The van der Waals surface area contributed by atoms with E-state index in [1.807, 2.05) is 55.5 Å². The molecule has 0 aromatic heterocycles. The standard InChI is InChI=1S/C22H27N3O2/c1-17-6-8-19(9-7-17)23-22(27)16-25(18(2)26)21-12-10-20(11-13-21)24-14-4-3-5-15-24/h6-13H,3-5,14-16H2,1-2H3,(H,23,27). The molecule has 1 saturated heterocycles. The van der Waals surface area contributed by atoms with E-state index in [9.17, 15) is 9.59 Å². The van der Waals surface area contributed by atoms with E-state index >= 15 is 0 Å². The van der Waals surface area contributed by atoms with E-state index in [4.69, 9.17) is 0 Å². The van der Waals surface area contributed by atoms with Gasteiger partial charge in [-0.15, -0.1) is 0 Å². The number of amides is 2. The summed E-state index contributed by atoms with van der Waals surface area (Å²) in [5.74, 6) is -0.367. The highest BCUT2D eigenvalue weighted by Gasteiger charge is 2.17. The number of hydrogen-bond acceptors (Lipinski definition) is 3. The Bertz CT molecular complexity index is 778. The summed E-state index contributed by atoms with van der Waals surface area (Å²) in [5.41, 5.74) is 3.77. The van der Waals surface area contributed by atoms with Crippen molar-refractivity contribution in [3.8, 4) is 0 Å². The summed E-state index contributed by atoms with van der Waals surface area (Å²) in [6.45, 7) is 5.63. The van der Waals surface area contributed by atoms with E-state index in [-0.39, 0.29) is 18.4 Å². The van der Waals surface area contributed by atoms with Gasteiger partial charge in [-0.2, -0.15) is 0 Å². The summed E-state index contributed by atoms with van der Waals surface area (Å²) >= 11 is 0. The van der Waals surface area contributed by atoms with Crippen LogP contribution >= 0.6 is 0 Å². The van der Waals surface area contributed by atoms with Gasteiger partial charge in [0.15, 0.2) is 0 Å². The van der Waals surface area contributed by atoms with E-state index in [1.54, 1.807) is 0 Å². The van der Waals surface area contributed by atoms with Crippen LogP contribution in [0.2, 0.25) is 0 Å². The second-order valence-electron chi connectivity index (χ2n) is 7.08. The molecule has 0 bridgehead atoms. The van der Waals surface area contributed by atoms with Gasteiger partial charge in [-0.1, -0.05) is 17.7 Å². The first kappa shape index (κ1) is 19.0. The van der Waals surface area contributed by atoms with Crippen LogP contribution in [-0.4, -0.2) is 31.4 Å². The normalized spacial score (nSPS) is 13.9. The molecule has 5 nitrogen and oxygen atoms in total. The van der Waals surface area contributed by atoms with Crippen LogP contribution in [0.4, 0.5) is 17.1 Å². The molecule has 0 spiro atoms. The lowest BCUT2D eigenvalue weighted by molar-refractivity contribution is -0.120. The molecule has 1 aliphatic rings. The Balaban J connectivity index is 1.66. The molecule has 1 fully saturated rings. The van der Waals surface area contributed by atoms with Crippen molar-refractivity contribution in [3.63, 3.8) is 0 Å². The molecule has 2 aromatic rings. The largest absolute Gasteiger partial charge is 0.372 e. The first-order chi connectivity index (χ1) is 13.0.